The topological polar surface area (TPSA) is 102 Å². The van der Waals surface area contributed by atoms with E-state index in [-0.39, 0.29) is 12.1 Å². The molecule has 2 aromatic heterocycles. The van der Waals surface area contributed by atoms with E-state index in [0.717, 1.165) is 4.68 Å². The largest absolute Gasteiger partial charge is 0.387 e. The van der Waals surface area contributed by atoms with Crippen LogP contribution in [0.2, 0.25) is 5.02 Å². The van der Waals surface area contributed by atoms with Crippen LogP contribution in [0.1, 0.15) is 22.0 Å². The number of amides is 1. The number of aryl methyl sites for hydroxylation is 1. The zero-order chi connectivity index (χ0) is 22.7. The molecule has 2 heterocycles. The Morgan fingerprint density at radius 2 is 1.88 bits per heavy atom. The molecule has 2 N–H and O–H groups in total. The number of carbonyl (C=O) groups is 1. The van der Waals surface area contributed by atoms with Gasteiger partial charge in [0.05, 0.1) is 24.2 Å². The summed E-state index contributed by atoms with van der Waals surface area (Å²) in [7, 11) is 1.72. The molecule has 1 amide bonds. The molecule has 0 aliphatic heterocycles. The molecule has 2 aromatic carbocycles. The first kappa shape index (κ1) is 21.5. The predicted molar refractivity (Wildman–Crippen MR) is 121 cm³/mol. The minimum atomic E-state index is -0.904. The van der Waals surface area contributed by atoms with Gasteiger partial charge in [0.15, 0.2) is 0 Å². The number of hydrogen-bond donors (Lipinski definition) is 2. The predicted octanol–water partition coefficient (Wildman–Crippen LogP) is 2.75. The summed E-state index contributed by atoms with van der Waals surface area (Å²) in [5, 5.41) is 22.0. The Morgan fingerprint density at radius 1 is 1.16 bits per heavy atom. The molecule has 0 radical (unpaired) electrons. The number of nitrogens with zero attached hydrogens (tertiary/aromatic N) is 4. The van der Waals surface area contributed by atoms with Gasteiger partial charge in [-0.25, -0.2) is 0 Å². The van der Waals surface area contributed by atoms with Crippen LogP contribution < -0.4 is 10.9 Å². The van der Waals surface area contributed by atoms with Crippen molar-refractivity contribution in [2.75, 3.05) is 6.54 Å². The van der Waals surface area contributed by atoms with Crippen LogP contribution in [0, 0.1) is 0 Å². The second kappa shape index (κ2) is 9.17. The normalized spacial score (nSPS) is 11.8. The van der Waals surface area contributed by atoms with Gasteiger partial charge in [-0.15, -0.1) is 0 Å². The Kier molecular flexibility index (Phi) is 6.16. The van der Waals surface area contributed by atoms with E-state index in [2.05, 4.69) is 15.5 Å². The van der Waals surface area contributed by atoms with E-state index in [1.807, 2.05) is 6.07 Å². The Labute approximate surface area is 188 Å². The van der Waals surface area contributed by atoms with E-state index in [9.17, 15) is 14.7 Å². The van der Waals surface area contributed by atoms with E-state index in [0.29, 0.717) is 27.5 Å². The third-order valence-corrected chi connectivity index (χ3v) is 5.12. The lowest BCUT2D eigenvalue weighted by atomic mass is 10.1. The molecule has 0 saturated carbocycles. The lowest BCUT2D eigenvalue weighted by Crippen LogP contribution is -2.35. The van der Waals surface area contributed by atoms with E-state index < -0.39 is 17.6 Å². The molecule has 0 aliphatic rings. The Hall–Kier alpha value is -3.75. The standard InChI is InChI=1S/C23H20ClN5O3/c1-28-14-18(12-26-28)29-23(32)19(11-20(27-29)15-7-9-17(24)10-8-15)22(31)25-13-21(30)16-5-3-2-4-6-16/h2-12,14,21,30H,13H2,1H3,(H,25,31). The molecular weight excluding hydrogens is 430 g/mol. The lowest BCUT2D eigenvalue weighted by molar-refractivity contribution is 0.0914. The highest BCUT2D eigenvalue weighted by Crippen LogP contribution is 2.20. The van der Waals surface area contributed by atoms with Crippen LogP contribution in [-0.4, -0.2) is 37.1 Å². The van der Waals surface area contributed by atoms with E-state index in [1.165, 1.54) is 16.9 Å². The Bertz CT molecular complexity index is 1300. The molecule has 0 aliphatic carbocycles. The van der Waals surface area contributed by atoms with Gasteiger partial charge < -0.3 is 10.4 Å². The third-order valence-electron chi connectivity index (χ3n) is 4.87. The maximum atomic E-state index is 13.1. The summed E-state index contributed by atoms with van der Waals surface area (Å²) in [6, 6.07) is 17.3. The highest BCUT2D eigenvalue weighted by molar-refractivity contribution is 6.30. The number of benzene rings is 2. The quantitative estimate of drug-likeness (QED) is 0.471. The third kappa shape index (κ3) is 4.61. The second-order valence-electron chi connectivity index (χ2n) is 7.18. The number of nitrogens with one attached hydrogen (secondary N) is 1. The summed E-state index contributed by atoms with van der Waals surface area (Å²) in [5.74, 6) is -0.611. The summed E-state index contributed by atoms with van der Waals surface area (Å²) in [4.78, 5) is 26.0. The van der Waals surface area contributed by atoms with Crippen LogP contribution in [0.15, 0.2) is 77.9 Å². The zero-order valence-corrected chi connectivity index (χ0v) is 17.9. The fourth-order valence-corrected chi connectivity index (χ4v) is 3.32. The number of halogens is 1. The first-order chi connectivity index (χ1) is 15.4. The van der Waals surface area contributed by atoms with Crippen molar-refractivity contribution in [2.24, 2.45) is 7.05 Å². The van der Waals surface area contributed by atoms with Crippen LogP contribution in [0.3, 0.4) is 0 Å². The van der Waals surface area contributed by atoms with Gasteiger partial charge in [-0.1, -0.05) is 54.1 Å². The zero-order valence-electron chi connectivity index (χ0n) is 17.1. The SMILES string of the molecule is Cn1cc(-n2nc(-c3ccc(Cl)cc3)cc(C(=O)NCC(O)c3ccccc3)c2=O)cn1. The van der Waals surface area contributed by atoms with Gasteiger partial charge in [0.1, 0.15) is 11.3 Å². The fraction of sp³-hybridized carbons (Fsp3) is 0.130. The lowest BCUT2D eigenvalue weighted by Gasteiger charge is -2.13. The first-order valence-corrected chi connectivity index (χ1v) is 10.2. The smallest absolute Gasteiger partial charge is 0.284 e. The molecule has 0 bridgehead atoms. The van der Waals surface area contributed by atoms with Gasteiger partial charge in [-0.05, 0) is 23.8 Å². The molecule has 0 fully saturated rings. The van der Waals surface area contributed by atoms with Crippen molar-refractivity contribution in [1.29, 1.82) is 0 Å². The Morgan fingerprint density at radius 3 is 2.53 bits per heavy atom. The van der Waals surface area contributed by atoms with Gasteiger partial charge >= 0.3 is 0 Å². The van der Waals surface area contributed by atoms with E-state index >= 15 is 0 Å². The number of aliphatic hydroxyl groups excluding tert-OH is 1. The van der Waals surface area contributed by atoms with Crippen molar-refractivity contribution in [3.63, 3.8) is 0 Å². The van der Waals surface area contributed by atoms with Gasteiger partial charge in [-0.3, -0.25) is 14.3 Å². The molecule has 8 nitrogen and oxygen atoms in total. The summed E-state index contributed by atoms with van der Waals surface area (Å²) in [5.41, 5.74) is 1.49. The number of carbonyl (C=O) groups excluding carboxylic acids is 1. The van der Waals surface area contributed by atoms with Gasteiger partial charge in [-0.2, -0.15) is 14.9 Å². The average molecular weight is 450 g/mol. The maximum absolute atomic E-state index is 13.1. The Balaban J connectivity index is 1.69. The van der Waals surface area contributed by atoms with Crippen molar-refractivity contribution in [2.45, 2.75) is 6.10 Å². The highest BCUT2D eigenvalue weighted by atomic mass is 35.5. The van der Waals surface area contributed by atoms with E-state index in [1.54, 1.807) is 61.8 Å². The van der Waals surface area contributed by atoms with Crippen molar-refractivity contribution in [1.82, 2.24) is 24.9 Å². The molecule has 0 saturated heterocycles. The van der Waals surface area contributed by atoms with Gasteiger partial charge in [0, 0.05) is 24.2 Å². The highest BCUT2D eigenvalue weighted by Gasteiger charge is 2.19. The fourth-order valence-electron chi connectivity index (χ4n) is 3.19. The van der Waals surface area contributed by atoms with Crippen LogP contribution in [-0.2, 0) is 7.05 Å². The second-order valence-corrected chi connectivity index (χ2v) is 7.61. The molecule has 1 unspecified atom stereocenters. The van der Waals surface area contributed by atoms with Crippen LogP contribution in [0.4, 0.5) is 0 Å². The summed E-state index contributed by atoms with van der Waals surface area (Å²) < 4.78 is 2.67. The molecule has 32 heavy (non-hydrogen) atoms. The average Bonchev–Trinajstić information content (AvgIpc) is 3.24. The van der Waals surface area contributed by atoms with E-state index in [4.69, 9.17) is 11.6 Å². The van der Waals surface area contributed by atoms with Crippen molar-refractivity contribution < 1.29 is 9.90 Å². The minimum absolute atomic E-state index is 0.0478. The summed E-state index contributed by atoms with van der Waals surface area (Å²) in [6.07, 6.45) is 2.21. The van der Waals surface area contributed by atoms with Crippen molar-refractivity contribution in [3.8, 4) is 16.9 Å². The summed E-state index contributed by atoms with van der Waals surface area (Å²) in [6.45, 7) is -0.0478. The molecule has 4 aromatic rings. The molecule has 9 heteroatoms. The number of hydrogen-bond acceptors (Lipinski definition) is 5. The molecule has 162 valence electrons. The summed E-state index contributed by atoms with van der Waals surface area (Å²) >= 11 is 5.98. The monoisotopic (exact) mass is 449 g/mol. The van der Waals surface area contributed by atoms with Gasteiger partial charge in [0.2, 0.25) is 0 Å². The minimum Gasteiger partial charge on any atom is -0.387 e. The van der Waals surface area contributed by atoms with Crippen molar-refractivity contribution in [3.05, 3.63) is 99.6 Å². The molecule has 1 atom stereocenters. The number of rotatable bonds is 6. The number of aromatic nitrogens is 4. The maximum Gasteiger partial charge on any atom is 0.284 e. The van der Waals surface area contributed by atoms with Gasteiger partial charge in [0.25, 0.3) is 11.5 Å². The molecule has 4 rings (SSSR count). The molecule has 0 spiro atoms. The first-order valence-electron chi connectivity index (χ1n) is 9.83. The van der Waals surface area contributed by atoms with Crippen LogP contribution in [0.25, 0.3) is 16.9 Å². The number of aliphatic hydroxyl groups is 1. The molecular formula is C23H20ClN5O3. The van der Waals surface area contributed by atoms with Crippen molar-refractivity contribution >= 4 is 17.5 Å². The van der Waals surface area contributed by atoms with Crippen LogP contribution in [0.5, 0.6) is 0 Å². The van der Waals surface area contributed by atoms with Crippen LogP contribution >= 0.6 is 11.6 Å².